The average Bonchev–Trinajstić information content (AvgIpc) is 3.42. The number of halogens is 2. The number of aromatic nitrogens is 3. The van der Waals surface area contributed by atoms with E-state index in [9.17, 15) is 9.59 Å². The fourth-order valence-electron chi connectivity index (χ4n) is 3.20. The van der Waals surface area contributed by atoms with Crippen LogP contribution < -0.4 is 10.6 Å². The third kappa shape index (κ3) is 4.73. The molecule has 0 atom stereocenters. The summed E-state index contributed by atoms with van der Waals surface area (Å²) in [6.45, 7) is 5.65. The summed E-state index contributed by atoms with van der Waals surface area (Å²) in [6, 6.07) is 8.80. The normalized spacial score (nSPS) is 11.5. The second-order valence-corrected chi connectivity index (χ2v) is 10.0. The Balaban J connectivity index is 1.61. The van der Waals surface area contributed by atoms with E-state index >= 15 is 0 Å². The third-order valence-corrected chi connectivity index (χ3v) is 6.47. The standard InChI is InChI=1S/C23H21Cl2N5O2S/c1-23(2,3)21(32)27-11-13-7-8-15(24)18(19(13)25)20(31)29-16-5-4-6-17-14(16)12-28-30(17)22-26-9-10-33-22/h4-10,12H,11H2,1-3H3,(H,27,32)(H,29,31). The quantitative estimate of drug-likeness (QED) is 0.366. The minimum Gasteiger partial charge on any atom is -0.352 e. The van der Waals surface area contributed by atoms with Gasteiger partial charge in [0.05, 0.1) is 33.0 Å². The van der Waals surface area contributed by atoms with Crippen molar-refractivity contribution in [2.45, 2.75) is 27.3 Å². The van der Waals surface area contributed by atoms with Gasteiger partial charge in [0.2, 0.25) is 11.0 Å². The van der Waals surface area contributed by atoms with Crippen LogP contribution in [0.1, 0.15) is 36.7 Å². The highest BCUT2D eigenvalue weighted by Crippen LogP contribution is 2.31. The van der Waals surface area contributed by atoms with Crippen LogP contribution in [0.2, 0.25) is 10.0 Å². The SMILES string of the molecule is CC(C)(C)C(=O)NCc1ccc(Cl)c(C(=O)Nc2cccc3c2cnn3-c2nccs2)c1Cl. The van der Waals surface area contributed by atoms with Crippen LogP contribution in [0.15, 0.2) is 48.1 Å². The van der Waals surface area contributed by atoms with Crippen molar-refractivity contribution in [1.29, 1.82) is 0 Å². The van der Waals surface area contributed by atoms with Crippen LogP contribution in [-0.2, 0) is 11.3 Å². The molecule has 0 saturated carbocycles. The van der Waals surface area contributed by atoms with Gasteiger partial charge in [0.1, 0.15) is 0 Å². The molecular weight excluding hydrogens is 481 g/mol. The van der Waals surface area contributed by atoms with Crippen molar-refractivity contribution in [3.05, 3.63) is 69.3 Å². The van der Waals surface area contributed by atoms with Crippen LogP contribution in [0.5, 0.6) is 0 Å². The molecule has 2 aromatic carbocycles. The highest BCUT2D eigenvalue weighted by atomic mass is 35.5. The Hall–Kier alpha value is -2.94. The number of carbonyl (C=O) groups is 2. The number of nitrogens with zero attached hydrogens (tertiary/aromatic N) is 3. The lowest BCUT2D eigenvalue weighted by atomic mass is 9.95. The van der Waals surface area contributed by atoms with Gasteiger partial charge in [-0.25, -0.2) is 9.67 Å². The van der Waals surface area contributed by atoms with E-state index in [4.69, 9.17) is 23.2 Å². The number of thiazole rings is 1. The van der Waals surface area contributed by atoms with Gasteiger partial charge >= 0.3 is 0 Å². The lowest BCUT2D eigenvalue weighted by Gasteiger charge is -2.18. The predicted octanol–water partition coefficient (Wildman–Crippen LogP) is 5.70. The van der Waals surface area contributed by atoms with Crippen molar-refractivity contribution in [3.8, 4) is 5.13 Å². The lowest BCUT2D eigenvalue weighted by Crippen LogP contribution is -2.34. The molecule has 0 bridgehead atoms. The van der Waals surface area contributed by atoms with Gasteiger partial charge in [0.15, 0.2) is 0 Å². The van der Waals surface area contributed by atoms with Crippen LogP contribution in [0.25, 0.3) is 16.0 Å². The summed E-state index contributed by atoms with van der Waals surface area (Å²) in [5.74, 6) is -0.577. The molecule has 10 heteroatoms. The van der Waals surface area contributed by atoms with E-state index in [1.807, 2.05) is 38.3 Å². The van der Waals surface area contributed by atoms with Crippen molar-refractivity contribution >= 4 is 62.9 Å². The Morgan fingerprint density at radius 3 is 2.64 bits per heavy atom. The molecule has 2 heterocycles. The molecule has 0 fully saturated rings. The first-order valence-corrected chi connectivity index (χ1v) is 11.7. The van der Waals surface area contributed by atoms with Gasteiger partial charge in [0.25, 0.3) is 5.91 Å². The molecule has 170 valence electrons. The first-order chi connectivity index (χ1) is 15.7. The van der Waals surface area contributed by atoms with Crippen LogP contribution in [-0.4, -0.2) is 26.6 Å². The molecule has 0 saturated heterocycles. The maximum absolute atomic E-state index is 13.2. The number of amides is 2. The van der Waals surface area contributed by atoms with Crippen molar-refractivity contribution in [2.24, 2.45) is 5.41 Å². The van der Waals surface area contributed by atoms with E-state index in [0.717, 1.165) is 16.0 Å². The van der Waals surface area contributed by atoms with Crippen molar-refractivity contribution in [3.63, 3.8) is 0 Å². The van der Waals surface area contributed by atoms with Gasteiger partial charge in [-0.3, -0.25) is 9.59 Å². The molecule has 0 radical (unpaired) electrons. The van der Waals surface area contributed by atoms with E-state index in [0.29, 0.717) is 11.3 Å². The number of benzene rings is 2. The van der Waals surface area contributed by atoms with E-state index in [-0.39, 0.29) is 28.1 Å². The summed E-state index contributed by atoms with van der Waals surface area (Å²) in [4.78, 5) is 29.7. The Labute approximate surface area is 204 Å². The second kappa shape index (κ2) is 9.13. The van der Waals surface area contributed by atoms with Crippen molar-refractivity contribution in [2.75, 3.05) is 5.32 Å². The fraction of sp³-hybridized carbons (Fsp3) is 0.217. The number of fused-ring (bicyclic) bond motifs is 1. The first-order valence-electron chi connectivity index (χ1n) is 10.1. The molecule has 2 amide bonds. The topological polar surface area (TPSA) is 88.9 Å². The molecule has 0 aliphatic heterocycles. The molecule has 4 aromatic rings. The molecule has 0 aliphatic rings. The average molecular weight is 502 g/mol. The summed E-state index contributed by atoms with van der Waals surface area (Å²) in [7, 11) is 0. The fourth-order valence-corrected chi connectivity index (χ4v) is 4.42. The third-order valence-electron chi connectivity index (χ3n) is 4.98. The Bertz CT molecular complexity index is 1340. The molecule has 0 unspecified atom stereocenters. The molecule has 7 nitrogen and oxygen atoms in total. The molecular formula is C23H21Cl2N5O2S. The van der Waals surface area contributed by atoms with E-state index < -0.39 is 11.3 Å². The smallest absolute Gasteiger partial charge is 0.258 e. The van der Waals surface area contributed by atoms with E-state index in [1.165, 1.54) is 11.3 Å². The minimum atomic E-state index is -0.541. The van der Waals surface area contributed by atoms with Crippen molar-refractivity contribution in [1.82, 2.24) is 20.1 Å². The molecule has 0 aliphatic carbocycles. The van der Waals surface area contributed by atoms with Gasteiger partial charge in [-0.05, 0) is 23.8 Å². The minimum absolute atomic E-state index is 0.122. The molecule has 4 rings (SSSR count). The highest BCUT2D eigenvalue weighted by molar-refractivity contribution is 7.12. The zero-order valence-electron chi connectivity index (χ0n) is 18.1. The molecule has 0 spiro atoms. The Morgan fingerprint density at radius 1 is 1.15 bits per heavy atom. The molecule has 2 N–H and O–H groups in total. The van der Waals surface area contributed by atoms with Crippen LogP contribution >= 0.6 is 34.5 Å². The Kier molecular flexibility index (Phi) is 6.43. The monoisotopic (exact) mass is 501 g/mol. The van der Waals surface area contributed by atoms with E-state index in [1.54, 1.807) is 35.3 Å². The number of anilines is 1. The van der Waals surface area contributed by atoms with Crippen molar-refractivity contribution < 1.29 is 9.59 Å². The highest BCUT2D eigenvalue weighted by Gasteiger charge is 2.23. The number of rotatable bonds is 5. The predicted molar refractivity (Wildman–Crippen MR) is 132 cm³/mol. The molecule has 2 aromatic heterocycles. The summed E-state index contributed by atoms with van der Waals surface area (Å²) >= 11 is 14.3. The summed E-state index contributed by atoms with van der Waals surface area (Å²) in [6.07, 6.45) is 3.38. The summed E-state index contributed by atoms with van der Waals surface area (Å²) < 4.78 is 1.72. The van der Waals surface area contributed by atoms with E-state index in [2.05, 4.69) is 20.7 Å². The number of hydrogen-bond acceptors (Lipinski definition) is 5. The maximum Gasteiger partial charge on any atom is 0.258 e. The lowest BCUT2D eigenvalue weighted by molar-refractivity contribution is -0.128. The van der Waals surface area contributed by atoms with Gasteiger partial charge in [-0.1, -0.05) is 56.1 Å². The maximum atomic E-state index is 13.2. The van der Waals surface area contributed by atoms with Gasteiger partial charge < -0.3 is 10.6 Å². The largest absolute Gasteiger partial charge is 0.352 e. The van der Waals surface area contributed by atoms with Gasteiger partial charge in [0, 0.05) is 28.9 Å². The first kappa shape index (κ1) is 23.2. The number of carbonyl (C=O) groups excluding carboxylic acids is 2. The van der Waals surface area contributed by atoms with Crippen LogP contribution in [0.3, 0.4) is 0 Å². The summed E-state index contributed by atoms with van der Waals surface area (Å²) in [5.41, 5.74) is 1.57. The summed E-state index contributed by atoms with van der Waals surface area (Å²) in [5, 5.41) is 13.9. The second-order valence-electron chi connectivity index (χ2n) is 8.39. The number of hydrogen-bond donors (Lipinski definition) is 2. The Morgan fingerprint density at radius 2 is 1.94 bits per heavy atom. The number of nitrogens with one attached hydrogen (secondary N) is 2. The zero-order valence-corrected chi connectivity index (χ0v) is 20.5. The van der Waals surface area contributed by atoms with Gasteiger partial charge in [-0.2, -0.15) is 5.10 Å². The van der Waals surface area contributed by atoms with Gasteiger partial charge in [-0.15, -0.1) is 11.3 Å². The zero-order chi connectivity index (χ0) is 23.8. The van der Waals surface area contributed by atoms with Crippen LogP contribution in [0, 0.1) is 5.41 Å². The van der Waals surface area contributed by atoms with Crippen LogP contribution in [0.4, 0.5) is 5.69 Å². The molecule has 33 heavy (non-hydrogen) atoms.